The maximum absolute atomic E-state index is 11.7. The molecule has 5 heteroatoms. The molecule has 0 saturated carbocycles. The number of ether oxygens (including phenoxy) is 1. The summed E-state index contributed by atoms with van der Waals surface area (Å²) in [6.45, 7) is 7.70. The topological polar surface area (TPSA) is 53.6 Å². The molecule has 0 aromatic heterocycles. The van der Waals surface area contributed by atoms with Gasteiger partial charge in [0.2, 0.25) is 0 Å². The van der Waals surface area contributed by atoms with E-state index in [1.807, 2.05) is 45.0 Å². The zero-order chi connectivity index (χ0) is 15.3. The van der Waals surface area contributed by atoms with E-state index in [4.69, 9.17) is 4.74 Å². The molecule has 0 unspecified atom stereocenters. The third-order valence-electron chi connectivity index (χ3n) is 3.17. The Kier molecular flexibility index (Phi) is 5.07. The lowest BCUT2D eigenvalue weighted by Crippen LogP contribution is -2.34. The maximum Gasteiger partial charge on any atom is 0.412 e. The first-order valence-corrected chi connectivity index (χ1v) is 7.54. The maximum atomic E-state index is 11.7. The van der Waals surface area contributed by atoms with Crippen molar-refractivity contribution in [2.45, 2.75) is 45.6 Å². The summed E-state index contributed by atoms with van der Waals surface area (Å²) >= 11 is 0. The van der Waals surface area contributed by atoms with Crippen LogP contribution in [0.4, 0.5) is 16.2 Å². The summed E-state index contributed by atoms with van der Waals surface area (Å²) in [5.74, 6) is 0. The Morgan fingerprint density at radius 2 is 1.62 bits per heavy atom. The van der Waals surface area contributed by atoms with Gasteiger partial charge in [0.05, 0.1) is 0 Å². The van der Waals surface area contributed by atoms with Crippen molar-refractivity contribution in [2.75, 3.05) is 23.8 Å². The number of amides is 1. The van der Waals surface area contributed by atoms with Crippen LogP contribution in [0.15, 0.2) is 24.3 Å². The van der Waals surface area contributed by atoms with Crippen molar-refractivity contribution in [2.24, 2.45) is 0 Å². The van der Waals surface area contributed by atoms with E-state index in [2.05, 4.69) is 15.8 Å². The quantitative estimate of drug-likeness (QED) is 0.888. The molecule has 1 fully saturated rings. The van der Waals surface area contributed by atoms with Gasteiger partial charge in [-0.15, -0.1) is 0 Å². The average Bonchev–Trinajstić information content (AvgIpc) is 2.40. The van der Waals surface area contributed by atoms with Gasteiger partial charge in [0.25, 0.3) is 0 Å². The molecule has 1 heterocycles. The van der Waals surface area contributed by atoms with Crippen LogP contribution < -0.4 is 10.7 Å². The first-order valence-electron chi connectivity index (χ1n) is 7.54. The fourth-order valence-corrected chi connectivity index (χ4v) is 2.24. The molecule has 21 heavy (non-hydrogen) atoms. The van der Waals surface area contributed by atoms with Gasteiger partial charge in [-0.3, -0.25) is 5.32 Å². The van der Waals surface area contributed by atoms with Crippen molar-refractivity contribution < 1.29 is 9.53 Å². The summed E-state index contributed by atoms with van der Waals surface area (Å²) in [5.41, 5.74) is 4.67. The SMILES string of the molecule is CC(C)(C)OC(=O)Nc1ccc(NN2CCCCC2)cc1. The fraction of sp³-hybridized carbons (Fsp3) is 0.562. The summed E-state index contributed by atoms with van der Waals surface area (Å²) in [4.78, 5) is 11.7. The van der Waals surface area contributed by atoms with Crippen LogP contribution in [0.2, 0.25) is 0 Å². The highest BCUT2D eigenvalue weighted by molar-refractivity contribution is 5.85. The van der Waals surface area contributed by atoms with E-state index in [0.717, 1.165) is 24.5 Å². The van der Waals surface area contributed by atoms with Crippen molar-refractivity contribution in [1.82, 2.24) is 5.01 Å². The van der Waals surface area contributed by atoms with Crippen molar-refractivity contribution in [3.8, 4) is 0 Å². The van der Waals surface area contributed by atoms with E-state index in [9.17, 15) is 4.79 Å². The zero-order valence-corrected chi connectivity index (χ0v) is 13.1. The summed E-state index contributed by atoms with van der Waals surface area (Å²) < 4.78 is 5.22. The number of rotatable bonds is 3. The van der Waals surface area contributed by atoms with E-state index < -0.39 is 11.7 Å². The number of hydrazine groups is 1. The molecule has 2 N–H and O–H groups in total. The number of nitrogens with zero attached hydrogens (tertiary/aromatic N) is 1. The highest BCUT2D eigenvalue weighted by Crippen LogP contribution is 2.17. The third kappa shape index (κ3) is 5.63. The van der Waals surface area contributed by atoms with Crippen LogP contribution in [0.5, 0.6) is 0 Å². The van der Waals surface area contributed by atoms with E-state index in [1.165, 1.54) is 19.3 Å². The molecular formula is C16H25N3O2. The molecular weight excluding hydrogens is 266 g/mol. The molecule has 1 saturated heterocycles. The largest absolute Gasteiger partial charge is 0.444 e. The Bertz CT molecular complexity index is 459. The van der Waals surface area contributed by atoms with Gasteiger partial charge in [-0.25, -0.2) is 9.80 Å². The van der Waals surface area contributed by atoms with Gasteiger partial charge in [0.1, 0.15) is 5.60 Å². The lowest BCUT2D eigenvalue weighted by molar-refractivity contribution is 0.0636. The second-order valence-corrected chi connectivity index (χ2v) is 6.36. The van der Waals surface area contributed by atoms with E-state index >= 15 is 0 Å². The standard InChI is InChI=1S/C16H25N3O2/c1-16(2,3)21-15(20)17-13-7-9-14(10-8-13)18-19-11-5-4-6-12-19/h7-10,18H,4-6,11-12H2,1-3H3,(H,17,20). The predicted octanol–water partition coefficient (Wildman–Crippen LogP) is 3.85. The van der Waals surface area contributed by atoms with Crippen molar-refractivity contribution in [3.05, 3.63) is 24.3 Å². The van der Waals surface area contributed by atoms with Gasteiger partial charge < -0.3 is 10.2 Å². The Balaban J connectivity index is 1.85. The van der Waals surface area contributed by atoms with Crippen LogP contribution in [0, 0.1) is 0 Å². The molecule has 0 spiro atoms. The van der Waals surface area contributed by atoms with E-state index in [-0.39, 0.29) is 0 Å². The van der Waals surface area contributed by atoms with Crippen molar-refractivity contribution in [1.29, 1.82) is 0 Å². The number of nitrogens with one attached hydrogen (secondary N) is 2. The second kappa shape index (κ2) is 6.80. The Hall–Kier alpha value is -1.75. The molecule has 0 bridgehead atoms. The molecule has 0 aliphatic carbocycles. The van der Waals surface area contributed by atoms with Crippen molar-refractivity contribution >= 4 is 17.5 Å². The van der Waals surface area contributed by atoms with Gasteiger partial charge in [0.15, 0.2) is 0 Å². The predicted molar refractivity (Wildman–Crippen MR) is 85.3 cm³/mol. The average molecular weight is 291 g/mol. The van der Waals surface area contributed by atoms with Crippen molar-refractivity contribution in [3.63, 3.8) is 0 Å². The molecule has 116 valence electrons. The van der Waals surface area contributed by atoms with Crippen LogP contribution in [-0.4, -0.2) is 29.8 Å². The third-order valence-corrected chi connectivity index (χ3v) is 3.17. The minimum absolute atomic E-state index is 0.431. The smallest absolute Gasteiger partial charge is 0.412 e. The van der Waals surface area contributed by atoms with Crippen LogP contribution in [0.1, 0.15) is 40.0 Å². The molecule has 1 amide bonds. The minimum Gasteiger partial charge on any atom is -0.444 e. The second-order valence-electron chi connectivity index (χ2n) is 6.36. The van der Waals surface area contributed by atoms with Crippen LogP contribution in [0.3, 0.4) is 0 Å². The monoisotopic (exact) mass is 291 g/mol. The van der Waals surface area contributed by atoms with Crippen LogP contribution in [-0.2, 0) is 4.74 Å². The zero-order valence-electron chi connectivity index (χ0n) is 13.1. The number of hydrogen-bond donors (Lipinski definition) is 2. The Labute approximate surface area is 126 Å². The molecule has 1 aliphatic heterocycles. The van der Waals surface area contributed by atoms with Gasteiger partial charge in [0, 0.05) is 24.5 Å². The lowest BCUT2D eigenvalue weighted by atomic mass is 10.2. The number of benzene rings is 1. The minimum atomic E-state index is -0.486. The van der Waals surface area contributed by atoms with E-state index in [0.29, 0.717) is 0 Å². The van der Waals surface area contributed by atoms with Gasteiger partial charge in [-0.05, 0) is 57.9 Å². The molecule has 2 rings (SSSR count). The first kappa shape index (κ1) is 15.6. The number of carbonyl (C=O) groups excluding carboxylic acids is 1. The molecule has 1 aromatic carbocycles. The summed E-state index contributed by atoms with van der Waals surface area (Å²) in [5, 5.41) is 4.96. The Morgan fingerprint density at radius 1 is 1.05 bits per heavy atom. The number of hydrogen-bond acceptors (Lipinski definition) is 4. The molecule has 5 nitrogen and oxygen atoms in total. The lowest BCUT2D eigenvalue weighted by Gasteiger charge is -2.27. The number of carbonyl (C=O) groups is 1. The molecule has 0 atom stereocenters. The van der Waals surface area contributed by atoms with Crippen LogP contribution >= 0.6 is 0 Å². The molecule has 0 radical (unpaired) electrons. The van der Waals surface area contributed by atoms with Gasteiger partial charge in [-0.2, -0.15) is 0 Å². The summed E-state index contributed by atoms with van der Waals surface area (Å²) in [6.07, 6.45) is 3.37. The highest BCUT2D eigenvalue weighted by atomic mass is 16.6. The summed E-state index contributed by atoms with van der Waals surface area (Å²) in [7, 11) is 0. The fourth-order valence-electron chi connectivity index (χ4n) is 2.24. The van der Waals surface area contributed by atoms with Crippen LogP contribution in [0.25, 0.3) is 0 Å². The van der Waals surface area contributed by atoms with Gasteiger partial charge >= 0.3 is 6.09 Å². The first-order chi connectivity index (χ1) is 9.92. The van der Waals surface area contributed by atoms with Gasteiger partial charge in [-0.1, -0.05) is 6.42 Å². The van der Waals surface area contributed by atoms with E-state index in [1.54, 1.807) is 0 Å². The number of piperidine rings is 1. The summed E-state index contributed by atoms with van der Waals surface area (Å²) in [6, 6.07) is 7.66. The number of anilines is 2. The molecule has 1 aliphatic rings. The normalized spacial score (nSPS) is 16.3. The highest BCUT2D eigenvalue weighted by Gasteiger charge is 2.16. The molecule has 1 aromatic rings. The Morgan fingerprint density at radius 3 is 2.19 bits per heavy atom.